The largest absolute Gasteiger partial charge is 0.320 e. The Morgan fingerprint density at radius 2 is 2.00 bits per heavy atom. The first kappa shape index (κ1) is 19.9. The molecule has 0 radical (unpaired) electrons. The second kappa shape index (κ2) is 9.41. The topological polar surface area (TPSA) is 62.7 Å². The second-order valence-electron chi connectivity index (χ2n) is 7.45. The highest BCUT2D eigenvalue weighted by Crippen LogP contribution is 2.34. The van der Waals surface area contributed by atoms with Crippen LogP contribution in [0.15, 0.2) is 59.6 Å². The van der Waals surface area contributed by atoms with Crippen molar-refractivity contribution in [2.45, 2.75) is 31.6 Å². The van der Waals surface area contributed by atoms with Crippen molar-refractivity contribution in [1.82, 2.24) is 20.4 Å². The van der Waals surface area contributed by atoms with E-state index in [4.69, 9.17) is 0 Å². The monoisotopic (exact) mass is 455 g/mol. The van der Waals surface area contributed by atoms with Crippen molar-refractivity contribution in [1.29, 1.82) is 0 Å². The Bertz CT molecular complexity index is 949. The van der Waals surface area contributed by atoms with Gasteiger partial charge in [-0.15, -0.1) is 0 Å². The summed E-state index contributed by atoms with van der Waals surface area (Å²) in [6.07, 6.45) is 9.31. The van der Waals surface area contributed by atoms with Crippen molar-refractivity contribution in [2.75, 3.05) is 12.0 Å². The molecule has 0 spiro atoms. The van der Waals surface area contributed by atoms with Gasteiger partial charge in [-0.05, 0) is 89.0 Å². The van der Waals surface area contributed by atoms with Gasteiger partial charge in [0, 0.05) is 30.6 Å². The number of hydrazine groups is 1. The fourth-order valence-electron chi connectivity index (χ4n) is 3.40. The average molecular weight is 456 g/mol. The number of anilines is 1. The van der Waals surface area contributed by atoms with Gasteiger partial charge in [-0.1, -0.05) is 6.07 Å². The van der Waals surface area contributed by atoms with Crippen LogP contribution in [0.2, 0.25) is 0 Å². The predicted molar refractivity (Wildman–Crippen MR) is 115 cm³/mol. The molecule has 3 heterocycles. The van der Waals surface area contributed by atoms with Crippen molar-refractivity contribution < 1.29 is 4.39 Å². The summed E-state index contributed by atoms with van der Waals surface area (Å²) < 4.78 is 14.4. The zero-order valence-corrected chi connectivity index (χ0v) is 17.6. The van der Waals surface area contributed by atoms with Crippen molar-refractivity contribution in [2.24, 2.45) is 5.92 Å². The molecular formula is C22H23BrFN5. The average Bonchev–Trinajstić information content (AvgIpc) is 3.54. The lowest BCUT2D eigenvalue weighted by molar-refractivity contribution is 0.578. The van der Waals surface area contributed by atoms with Gasteiger partial charge in [0.05, 0.1) is 11.9 Å². The zero-order valence-electron chi connectivity index (χ0n) is 16.0. The molecule has 3 aromatic heterocycles. The van der Waals surface area contributed by atoms with E-state index in [1.165, 1.54) is 24.5 Å². The maximum Gasteiger partial charge on any atom is 0.213 e. The van der Waals surface area contributed by atoms with Crippen LogP contribution in [0.5, 0.6) is 0 Å². The van der Waals surface area contributed by atoms with E-state index in [1.54, 1.807) is 12.4 Å². The number of pyridine rings is 3. The molecule has 1 atom stereocenters. The molecular weight excluding hydrogens is 433 g/mol. The van der Waals surface area contributed by atoms with Crippen LogP contribution in [-0.4, -0.2) is 21.5 Å². The molecule has 0 bridgehead atoms. The molecule has 1 fully saturated rings. The number of rotatable bonds is 9. The lowest BCUT2D eigenvalue weighted by Gasteiger charge is -2.20. The molecule has 0 aromatic carbocycles. The molecule has 0 amide bonds. The Morgan fingerprint density at radius 1 is 1.10 bits per heavy atom. The lowest BCUT2D eigenvalue weighted by Crippen LogP contribution is -2.29. The van der Waals surface area contributed by atoms with Crippen LogP contribution < -0.4 is 10.9 Å². The van der Waals surface area contributed by atoms with Gasteiger partial charge < -0.3 is 5.43 Å². The molecule has 1 saturated carbocycles. The molecule has 7 heteroatoms. The summed E-state index contributed by atoms with van der Waals surface area (Å²) in [7, 11) is 0. The zero-order chi connectivity index (χ0) is 20.1. The van der Waals surface area contributed by atoms with Crippen LogP contribution in [0.25, 0.3) is 0 Å². The molecule has 0 saturated heterocycles. The Hall–Kier alpha value is -2.38. The summed E-state index contributed by atoms with van der Waals surface area (Å²) in [5.74, 6) is 0.432. The van der Waals surface area contributed by atoms with E-state index in [2.05, 4.69) is 41.7 Å². The van der Waals surface area contributed by atoms with Gasteiger partial charge in [0.25, 0.3) is 0 Å². The summed E-state index contributed by atoms with van der Waals surface area (Å²) >= 11 is 3.46. The van der Waals surface area contributed by atoms with E-state index in [1.807, 2.05) is 36.5 Å². The third kappa shape index (κ3) is 5.81. The van der Waals surface area contributed by atoms with Crippen LogP contribution in [0.1, 0.15) is 35.6 Å². The minimum absolute atomic E-state index is 0.192. The number of halogens is 2. The third-order valence-corrected chi connectivity index (χ3v) is 5.57. The third-order valence-electron chi connectivity index (χ3n) is 5.14. The highest BCUT2D eigenvalue weighted by molar-refractivity contribution is 9.10. The number of nitrogens with zero attached hydrogens (tertiary/aromatic N) is 3. The SMILES string of the molecule is Fc1cc(CC2CC2)c(NNC[C@@H](Cc2ccccn2)c2ccnc(Br)c2)cn1. The highest BCUT2D eigenvalue weighted by Gasteiger charge is 2.23. The Kier molecular flexibility index (Phi) is 6.46. The standard InChI is InChI=1S/C22H23BrFN5/c23-21-11-16(6-8-26-21)18(10-19-3-1-2-7-25-19)13-28-29-20-14-27-22(24)12-17(20)9-15-4-5-15/h1-3,6-8,11-12,14-15,18,28-29H,4-5,9-10,13H2/t18-/m1/s1. The minimum atomic E-state index is -0.430. The van der Waals surface area contributed by atoms with Crippen molar-refractivity contribution in [3.8, 4) is 0 Å². The van der Waals surface area contributed by atoms with Gasteiger partial charge in [0.2, 0.25) is 5.95 Å². The van der Waals surface area contributed by atoms with E-state index < -0.39 is 5.95 Å². The van der Waals surface area contributed by atoms with E-state index in [0.29, 0.717) is 12.5 Å². The van der Waals surface area contributed by atoms with Gasteiger partial charge in [0.15, 0.2) is 0 Å². The molecule has 29 heavy (non-hydrogen) atoms. The smallest absolute Gasteiger partial charge is 0.213 e. The summed E-state index contributed by atoms with van der Waals surface area (Å²) in [5, 5.41) is 0. The van der Waals surface area contributed by atoms with Gasteiger partial charge >= 0.3 is 0 Å². The molecule has 1 aliphatic rings. The highest BCUT2D eigenvalue weighted by atomic mass is 79.9. The van der Waals surface area contributed by atoms with E-state index >= 15 is 0 Å². The molecule has 3 aromatic rings. The molecule has 150 valence electrons. The summed E-state index contributed by atoms with van der Waals surface area (Å²) in [6, 6.07) is 11.6. The first-order valence-corrected chi connectivity index (χ1v) is 10.6. The first-order chi connectivity index (χ1) is 14.2. The normalized spacial score (nSPS) is 14.6. The summed E-state index contributed by atoms with van der Waals surface area (Å²) in [5.41, 5.74) is 10.6. The molecule has 0 unspecified atom stereocenters. The number of aromatic nitrogens is 3. The number of nitrogens with one attached hydrogen (secondary N) is 2. The van der Waals surface area contributed by atoms with Crippen LogP contribution in [0, 0.1) is 11.9 Å². The molecule has 2 N–H and O–H groups in total. The van der Waals surface area contributed by atoms with Crippen LogP contribution in [0.3, 0.4) is 0 Å². The Labute approximate surface area is 178 Å². The maximum absolute atomic E-state index is 13.6. The number of hydrogen-bond donors (Lipinski definition) is 2. The van der Waals surface area contributed by atoms with Crippen molar-refractivity contribution in [3.05, 3.63) is 82.4 Å². The van der Waals surface area contributed by atoms with E-state index in [9.17, 15) is 4.39 Å². The maximum atomic E-state index is 13.6. The molecule has 1 aliphatic carbocycles. The fourth-order valence-corrected chi connectivity index (χ4v) is 3.78. The van der Waals surface area contributed by atoms with Crippen molar-refractivity contribution >= 4 is 21.6 Å². The second-order valence-corrected chi connectivity index (χ2v) is 8.26. The number of hydrogen-bond acceptors (Lipinski definition) is 5. The first-order valence-electron chi connectivity index (χ1n) is 9.82. The summed E-state index contributed by atoms with van der Waals surface area (Å²) in [4.78, 5) is 12.5. The van der Waals surface area contributed by atoms with Crippen LogP contribution in [0.4, 0.5) is 10.1 Å². The summed E-state index contributed by atoms with van der Waals surface area (Å²) in [6.45, 7) is 0.674. The molecule has 4 rings (SSSR count). The van der Waals surface area contributed by atoms with Gasteiger partial charge in [-0.25, -0.2) is 15.4 Å². The van der Waals surface area contributed by atoms with E-state index in [-0.39, 0.29) is 5.92 Å². The minimum Gasteiger partial charge on any atom is -0.320 e. The molecule has 0 aliphatic heterocycles. The predicted octanol–water partition coefficient (Wildman–Crippen LogP) is 4.67. The van der Waals surface area contributed by atoms with Crippen LogP contribution >= 0.6 is 15.9 Å². The fraction of sp³-hybridized carbons (Fsp3) is 0.318. The quantitative estimate of drug-likeness (QED) is 0.362. The Morgan fingerprint density at radius 3 is 2.76 bits per heavy atom. The van der Waals surface area contributed by atoms with Gasteiger partial charge in [-0.2, -0.15) is 4.39 Å². The van der Waals surface area contributed by atoms with Crippen LogP contribution in [-0.2, 0) is 12.8 Å². The molecule has 5 nitrogen and oxygen atoms in total. The lowest BCUT2D eigenvalue weighted by atomic mass is 9.95. The van der Waals surface area contributed by atoms with Gasteiger partial charge in [-0.3, -0.25) is 4.98 Å². The van der Waals surface area contributed by atoms with Gasteiger partial charge in [0.1, 0.15) is 4.60 Å². The Balaban J connectivity index is 1.45. The van der Waals surface area contributed by atoms with E-state index in [0.717, 1.165) is 34.4 Å². The van der Waals surface area contributed by atoms with Crippen molar-refractivity contribution in [3.63, 3.8) is 0 Å².